The number of aromatic amines is 1. The van der Waals surface area contributed by atoms with Gasteiger partial charge in [-0.05, 0) is 0 Å². The van der Waals surface area contributed by atoms with Crippen LogP contribution in [0, 0.1) is 0 Å². The molecule has 0 radical (unpaired) electrons. The van der Waals surface area contributed by atoms with Crippen molar-refractivity contribution < 1.29 is 14.9 Å². The van der Waals surface area contributed by atoms with E-state index in [1.807, 2.05) is 6.92 Å². The Morgan fingerprint density at radius 3 is 2.85 bits per heavy atom. The van der Waals surface area contributed by atoms with Gasteiger partial charge in [0.1, 0.15) is 6.10 Å². The standard InChI is InChI=1S/C11H16N2O5S2/c1-2-19-20-9-8(16)6(5-14)18-10(9)13-4-3-7(15)12-11(13)17/h3-4,6,8-10,14,16H,2,5H2,1H3,(H,12,15,17)/t6-,8+,9?,10-/m1/s1. The van der Waals surface area contributed by atoms with Crippen molar-refractivity contribution in [1.29, 1.82) is 0 Å². The van der Waals surface area contributed by atoms with Crippen molar-refractivity contribution in [2.45, 2.75) is 30.6 Å². The molecule has 1 fully saturated rings. The lowest BCUT2D eigenvalue weighted by Gasteiger charge is -2.20. The van der Waals surface area contributed by atoms with Crippen LogP contribution in [0.5, 0.6) is 0 Å². The molecule has 1 saturated heterocycles. The van der Waals surface area contributed by atoms with E-state index in [4.69, 9.17) is 4.74 Å². The normalized spacial score (nSPS) is 29.8. The molecule has 9 heteroatoms. The first-order valence-electron chi connectivity index (χ1n) is 6.12. The Bertz CT molecular complexity index is 560. The van der Waals surface area contributed by atoms with Gasteiger partial charge in [0, 0.05) is 18.0 Å². The largest absolute Gasteiger partial charge is 0.394 e. The van der Waals surface area contributed by atoms with E-state index in [0.29, 0.717) is 0 Å². The summed E-state index contributed by atoms with van der Waals surface area (Å²) in [6.45, 7) is 1.65. The third kappa shape index (κ3) is 3.12. The fraction of sp³-hybridized carbons (Fsp3) is 0.636. The highest BCUT2D eigenvalue weighted by molar-refractivity contribution is 8.76. The molecule has 1 unspecified atom stereocenters. The molecule has 7 nitrogen and oxygen atoms in total. The van der Waals surface area contributed by atoms with Gasteiger partial charge in [-0.2, -0.15) is 0 Å². The third-order valence-corrected chi connectivity index (χ3v) is 5.80. The van der Waals surface area contributed by atoms with Crippen molar-refractivity contribution in [3.05, 3.63) is 33.1 Å². The molecule has 0 aliphatic carbocycles. The molecule has 2 heterocycles. The highest BCUT2D eigenvalue weighted by Crippen LogP contribution is 2.41. The molecular weight excluding hydrogens is 304 g/mol. The lowest BCUT2D eigenvalue weighted by molar-refractivity contribution is -0.0457. The predicted octanol–water partition coefficient (Wildman–Crippen LogP) is -0.443. The molecule has 0 amide bonds. The number of nitrogens with one attached hydrogen (secondary N) is 1. The lowest BCUT2D eigenvalue weighted by atomic mass is 10.2. The highest BCUT2D eigenvalue weighted by atomic mass is 33.1. The van der Waals surface area contributed by atoms with Gasteiger partial charge in [-0.3, -0.25) is 14.3 Å². The summed E-state index contributed by atoms with van der Waals surface area (Å²) in [6.07, 6.45) is -1.01. The minimum atomic E-state index is -0.882. The van der Waals surface area contributed by atoms with Crippen LogP contribution in [0.4, 0.5) is 0 Å². The van der Waals surface area contributed by atoms with Gasteiger partial charge in [0.15, 0.2) is 6.23 Å². The molecule has 20 heavy (non-hydrogen) atoms. The molecule has 0 bridgehead atoms. The maximum atomic E-state index is 11.8. The molecule has 2 rings (SSSR count). The van der Waals surface area contributed by atoms with Crippen molar-refractivity contribution in [1.82, 2.24) is 9.55 Å². The lowest BCUT2D eigenvalue weighted by Crippen LogP contribution is -2.36. The van der Waals surface area contributed by atoms with Crippen LogP contribution in [-0.2, 0) is 4.74 Å². The third-order valence-electron chi connectivity index (χ3n) is 2.92. The summed E-state index contributed by atoms with van der Waals surface area (Å²) < 4.78 is 6.78. The number of aliphatic hydroxyl groups excluding tert-OH is 2. The maximum absolute atomic E-state index is 11.8. The molecule has 112 valence electrons. The fourth-order valence-electron chi connectivity index (χ4n) is 1.97. The van der Waals surface area contributed by atoms with Gasteiger partial charge in [-0.1, -0.05) is 28.5 Å². The second kappa shape index (κ2) is 6.81. The zero-order chi connectivity index (χ0) is 14.7. The van der Waals surface area contributed by atoms with Gasteiger partial charge in [0.2, 0.25) is 0 Å². The summed E-state index contributed by atoms with van der Waals surface area (Å²) in [5.74, 6) is 0.838. The molecule has 1 aliphatic rings. The van der Waals surface area contributed by atoms with E-state index in [-0.39, 0.29) is 6.61 Å². The van der Waals surface area contributed by atoms with Gasteiger partial charge in [0.25, 0.3) is 5.56 Å². The summed E-state index contributed by atoms with van der Waals surface area (Å²) in [4.78, 5) is 25.1. The van der Waals surface area contributed by atoms with Gasteiger partial charge >= 0.3 is 5.69 Å². The zero-order valence-corrected chi connectivity index (χ0v) is 12.4. The van der Waals surface area contributed by atoms with Crippen LogP contribution in [-0.4, -0.2) is 49.6 Å². The van der Waals surface area contributed by atoms with Crippen LogP contribution in [0.3, 0.4) is 0 Å². The SMILES string of the molecule is CCSSC1[C@@H](O)[C@@H](CO)O[C@H]1n1ccc(=O)[nH]c1=O. The quantitative estimate of drug-likeness (QED) is 0.632. The van der Waals surface area contributed by atoms with E-state index in [9.17, 15) is 19.8 Å². The Balaban J connectivity index is 2.31. The number of aromatic nitrogens is 2. The van der Waals surface area contributed by atoms with Crippen molar-refractivity contribution >= 4 is 21.6 Å². The van der Waals surface area contributed by atoms with Gasteiger partial charge in [-0.15, -0.1) is 0 Å². The van der Waals surface area contributed by atoms with Crippen LogP contribution < -0.4 is 11.2 Å². The molecule has 3 N–H and O–H groups in total. The summed E-state index contributed by atoms with van der Waals surface area (Å²) in [7, 11) is 2.94. The van der Waals surface area contributed by atoms with E-state index in [0.717, 1.165) is 5.75 Å². The Morgan fingerprint density at radius 1 is 1.50 bits per heavy atom. The number of aliphatic hydroxyl groups is 2. The number of ether oxygens (including phenoxy) is 1. The molecular formula is C11H16N2O5S2. The molecule has 4 atom stereocenters. The number of H-pyrrole nitrogens is 1. The zero-order valence-electron chi connectivity index (χ0n) is 10.8. The van der Waals surface area contributed by atoms with E-state index in [1.54, 1.807) is 0 Å². The molecule has 1 aromatic heterocycles. The molecule has 0 spiro atoms. The summed E-state index contributed by atoms with van der Waals surface area (Å²) in [5, 5.41) is 19.0. The highest BCUT2D eigenvalue weighted by Gasteiger charge is 2.45. The minimum absolute atomic E-state index is 0.330. The van der Waals surface area contributed by atoms with Crippen molar-refractivity contribution in [3.63, 3.8) is 0 Å². The van der Waals surface area contributed by atoms with Gasteiger partial charge in [0.05, 0.1) is 18.0 Å². The molecule has 1 aliphatic heterocycles. The molecule has 0 aromatic carbocycles. The van der Waals surface area contributed by atoms with Gasteiger partial charge < -0.3 is 14.9 Å². The van der Waals surface area contributed by atoms with E-state index in [2.05, 4.69) is 4.98 Å². The number of hydrogen-bond acceptors (Lipinski definition) is 7. The Kier molecular flexibility index (Phi) is 5.33. The minimum Gasteiger partial charge on any atom is -0.394 e. The number of rotatable bonds is 5. The Hall–Kier alpha value is -0.740. The van der Waals surface area contributed by atoms with Crippen LogP contribution in [0.1, 0.15) is 13.2 Å². The second-order valence-electron chi connectivity index (χ2n) is 4.22. The first kappa shape index (κ1) is 15.6. The van der Waals surface area contributed by atoms with Crippen LogP contribution in [0.25, 0.3) is 0 Å². The first-order chi connectivity index (χ1) is 9.58. The average Bonchev–Trinajstić information content (AvgIpc) is 2.73. The average molecular weight is 320 g/mol. The fourth-order valence-corrected chi connectivity index (χ4v) is 4.35. The van der Waals surface area contributed by atoms with Crippen molar-refractivity contribution in [3.8, 4) is 0 Å². The van der Waals surface area contributed by atoms with Crippen molar-refractivity contribution in [2.24, 2.45) is 0 Å². The van der Waals surface area contributed by atoms with Gasteiger partial charge in [-0.25, -0.2) is 4.79 Å². The smallest absolute Gasteiger partial charge is 0.330 e. The number of hydrogen-bond donors (Lipinski definition) is 3. The topological polar surface area (TPSA) is 105 Å². The van der Waals surface area contributed by atoms with E-state index in [1.165, 1.54) is 38.4 Å². The Labute approximate surface area is 122 Å². The summed E-state index contributed by atoms with van der Waals surface area (Å²) in [5.41, 5.74) is -1.09. The van der Waals surface area contributed by atoms with Crippen LogP contribution in [0.15, 0.2) is 21.9 Å². The summed E-state index contributed by atoms with van der Waals surface area (Å²) in [6, 6.07) is 1.22. The molecule has 1 aromatic rings. The van der Waals surface area contributed by atoms with E-state index >= 15 is 0 Å². The van der Waals surface area contributed by atoms with E-state index < -0.39 is 34.9 Å². The van der Waals surface area contributed by atoms with Crippen LogP contribution >= 0.6 is 21.6 Å². The second-order valence-corrected chi connectivity index (χ2v) is 7.06. The summed E-state index contributed by atoms with van der Waals surface area (Å²) >= 11 is 0. The molecule has 0 saturated carbocycles. The van der Waals surface area contributed by atoms with Crippen LogP contribution in [0.2, 0.25) is 0 Å². The Morgan fingerprint density at radius 2 is 2.25 bits per heavy atom. The monoisotopic (exact) mass is 320 g/mol. The van der Waals surface area contributed by atoms with Crippen molar-refractivity contribution in [2.75, 3.05) is 12.4 Å². The maximum Gasteiger partial charge on any atom is 0.330 e. The number of nitrogens with zero attached hydrogens (tertiary/aromatic N) is 1. The predicted molar refractivity (Wildman–Crippen MR) is 77.8 cm³/mol. The first-order valence-corrected chi connectivity index (χ1v) is 8.50.